The largest absolute Gasteiger partial charge is 0.336 e. The average molecular weight is 463 g/mol. The van der Waals surface area contributed by atoms with Crippen LogP contribution < -0.4 is 10.6 Å². The van der Waals surface area contributed by atoms with Crippen molar-refractivity contribution < 1.29 is 9.59 Å². The molecule has 8 nitrogen and oxygen atoms in total. The minimum absolute atomic E-state index is 0.0448. The number of fused-ring (bicyclic) bond motifs is 3. The summed E-state index contributed by atoms with van der Waals surface area (Å²) < 4.78 is 0. The van der Waals surface area contributed by atoms with Gasteiger partial charge in [-0.15, -0.1) is 0 Å². The molecule has 1 fully saturated rings. The molecule has 1 saturated heterocycles. The Hall–Kier alpha value is -3.49. The molecule has 5 rings (SSSR count). The van der Waals surface area contributed by atoms with E-state index < -0.39 is 0 Å². The zero-order valence-electron chi connectivity index (χ0n) is 18.1. The first-order chi connectivity index (χ1) is 16.0. The van der Waals surface area contributed by atoms with E-state index in [4.69, 9.17) is 11.6 Å². The van der Waals surface area contributed by atoms with E-state index in [1.54, 1.807) is 18.3 Å². The van der Waals surface area contributed by atoms with E-state index in [-0.39, 0.29) is 18.2 Å². The fourth-order valence-corrected chi connectivity index (χ4v) is 4.21. The van der Waals surface area contributed by atoms with Gasteiger partial charge in [0.2, 0.25) is 11.9 Å². The summed E-state index contributed by atoms with van der Waals surface area (Å²) >= 11 is 6.11. The molecule has 0 aliphatic carbocycles. The van der Waals surface area contributed by atoms with Gasteiger partial charge >= 0.3 is 0 Å². The SMILES string of the molecule is CN1CCN(C(=O)c2ccc(Nc3ncc4c(n3)-c3ccc(Cl)cc3NC(=O)C4)cc2)CC1. The first-order valence-electron chi connectivity index (χ1n) is 10.8. The molecular formula is C24H23ClN6O2. The maximum absolute atomic E-state index is 12.8. The lowest BCUT2D eigenvalue weighted by molar-refractivity contribution is -0.115. The molecule has 0 radical (unpaired) electrons. The van der Waals surface area contributed by atoms with Crippen LogP contribution in [0.25, 0.3) is 11.3 Å². The van der Waals surface area contributed by atoms with Crippen molar-refractivity contribution in [3.8, 4) is 11.3 Å². The van der Waals surface area contributed by atoms with Crippen molar-refractivity contribution in [1.82, 2.24) is 19.8 Å². The molecule has 0 atom stereocenters. The number of piperazine rings is 1. The zero-order chi connectivity index (χ0) is 22.9. The van der Waals surface area contributed by atoms with Gasteiger partial charge in [-0.25, -0.2) is 9.97 Å². The lowest BCUT2D eigenvalue weighted by atomic mass is 10.1. The molecule has 1 aromatic heterocycles. The van der Waals surface area contributed by atoms with Crippen molar-refractivity contribution in [2.24, 2.45) is 0 Å². The fraction of sp³-hybridized carbons (Fsp3) is 0.250. The molecule has 2 aliphatic rings. The maximum Gasteiger partial charge on any atom is 0.253 e. The highest BCUT2D eigenvalue weighted by molar-refractivity contribution is 6.31. The number of carbonyl (C=O) groups is 2. The van der Waals surface area contributed by atoms with Crippen LogP contribution in [0.2, 0.25) is 5.02 Å². The molecule has 0 bridgehead atoms. The van der Waals surface area contributed by atoms with Crippen LogP contribution in [0.4, 0.5) is 17.3 Å². The topological polar surface area (TPSA) is 90.5 Å². The van der Waals surface area contributed by atoms with Gasteiger partial charge in [0.05, 0.1) is 17.8 Å². The quantitative estimate of drug-likeness (QED) is 0.619. The van der Waals surface area contributed by atoms with Crippen molar-refractivity contribution >= 4 is 40.7 Å². The number of likely N-dealkylation sites (N-methyl/N-ethyl adjacent to an activating group) is 1. The Morgan fingerprint density at radius 1 is 1.09 bits per heavy atom. The van der Waals surface area contributed by atoms with Crippen molar-refractivity contribution in [1.29, 1.82) is 0 Å². The van der Waals surface area contributed by atoms with E-state index in [0.29, 0.717) is 27.9 Å². The first kappa shape index (κ1) is 21.4. The number of aromatic nitrogens is 2. The summed E-state index contributed by atoms with van der Waals surface area (Å²) in [5.41, 5.74) is 4.26. The van der Waals surface area contributed by atoms with Gasteiger partial charge < -0.3 is 20.4 Å². The van der Waals surface area contributed by atoms with E-state index in [1.165, 1.54) is 0 Å². The molecule has 2 N–H and O–H groups in total. The number of nitrogens with zero attached hydrogens (tertiary/aromatic N) is 4. The van der Waals surface area contributed by atoms with Crippen LogP contribution in [0.3, 0.4) is 0 Å². The monoisotopic (exact) mass is 462 g/mol. The van der Waals surface area contributed by atoms with Crippen molar-refractivity contribution in [2.75, 3.05) is 43.9 Å². The van der Waals surface area contributed by atoms with E-state index in [0.717, 1.165) is 43.0 Å². The molecule has 0 saturated carbocycles. The van der Waals surface area contributed by atoms with Crippen LogP contribution >= 0.6 is 11.6 Å². The summed E-state index contributed by atoms with van der Waals surface area (Å²) in [7, 11) is 2.06. The predicted molar refractivity (Wildman–Crippen MR) is 128 cm³/mol. The Morgan fingerprint density at radius 2 is 1.85 bits per heavy atom. The zero-order valence-corrected chi connectivity index (χ0v) is 18.9. The summed E-state index contributed by atoms with van der Waals surface area (Å²) in [6, 6.07) is 12.6. The Bertz CT molecular complexity index is 1220. The molecule has 9 heteroatoms. The van der Waals surface area contributed by atoms with Crippen LogP contribution in [0, 0.1) is 0 Å². The molecular weight excluding hydrogens is 440 g/mol. The van der Waals surface area contributed by atoms with Crippen LogP contribution in [-0.4, -0.2) is 64.8 Å². The minimum Gasteiger partial charge on any atom is -0.336 e. The molecule has 2 aromatic carbocycles. The lowest BCUT2D eigenvalue weighted by Crippen LogP contribution is -2.47. The average Bonchev–Trinajstić information content (AvgIpc) is 2.94. The third-order valence-corrected chi connectivity index (χ3v) is 6.14. The highest BCUT2D eigenvalue weighted by Crippen LogP contribution is 2.34. The summed E-state index contributed by atoms with van der Waals surface area (Å²) in [4.78, 5) is 38.2. The molecule has 33 heavy (non-hydrogen) atoms. The van der Waals surface area contributed by atoms with Gasteiger partial charge in [0.25, 0.3) is 5.91 Å². The second kappa shape index (κ2) is 8.80. The van der Waals surface area contributed by atoms with Gasteiger partial charge in [-0.1, -0.05) is 11.6 Å². The smallest absolute Gasteiger partial charge is 0.253 e. The number of nitrogens with one attached hydrogen (secondary N) is 2. The number of rotatable bonds is 3. The van der Waals surface area contributed by atoms with Gasteiger partial charge in [0, 0.05) is 59.8 Å². The third-order valence-electron chi connectivity index (χ3n) is 5.90. The highest BCUT2D eigenvalue weighted by Gasteiger charge is 2.22. The van der Waals surface area contributed by atoms with Crippen LogP contribution in [-0.2, 0) is 11.2 Å². The maximum atomic E-state index is 12.8. The second-order valence-corrected chi connectivity index (χ2v) is 8.72. The first-order valence-corrected chi connectivity index (χ1v) is 11.1. The normalized spacial score (nSPS) is 15.8. The lowest BCUT2D eigenvalue weighted by Gasteiger charge is -2.32. The molecule has 0 spiro atoms. The second-order valence-electron chi connectivity index (χ2n) is 8.28. The van der Waals surface area contributed by atoms with Gasteiger partial charge in [0.15, 0.2) is 0 Å². The molecule has 3 heterocycles. The number of hydrogen-bond donors (Lipinski definition) is 2. The molecule has 2 aliphatic heterocycles. The summed E-state index contributed by atoms with van der Waals surface area (Å²) in [5, 5.41) is 6.61. The van der Waals surface area contributed by atoms with Gasteiger partial charge in [-0.05, 0) is 49.5 Å². The molecule has 0 unspecified atom stereocenters. The third kappa shape index (κ3) is 4.53. The predicted octanol–water partition coefficient (Wildman–Crippen LogP) is 3.42. The van der Waals surface area contributed by atoms with Crippen molar-refractivity contribution in [2.45, 2.75) is 6.42 Å². The number of hydrogen-bond acceptors (Lipinski definition) is 6. The van der Waals surface area contributed by atoms with Crippen LogP contribution in [0.15, 0.2) is 48.7 Å². The van der Waals surface area contributed by atoms with Crippen LogP contribution in [0.1, 0.15) is 15.9 Å². The summed E-state index contributed by atoms with van der Waals surface area (Å²) in [6.07, 6.45) is 1.85. The van der Waals surface area contributed by atoms with E-state index in [9.17, 15) is 9.59 Å². The Kier molecular flexibility index (Phi) is 5.70. The minimum atomic E-state index is -0.137. The number of anilines is 3. The van der Waals surface area contributed by atoms with Gasteiger partial charge in [0.1, 0.15) is 0 Å². The molecule has 2 amide bonds. The Morgan fingerprint density at radius 3 is 2.61 bits per heavy atom. The summed E-state index contributed by atoms with van der Waals surface area (Å²) in [6.45, 7) is 3.25. The van der Waals surface area contributed by atoms with Crippen molar-refractivity contribution in [3.05, 3.63) is 64.8 Å². The number of amides is 2. The number of halogens is 1. The summed E-state index contributed by atoms with van der Waals surface area (Å²) in [5.74, 6) is 0.313. The fourth-order valence-electron chi connectivity index (χ4n) is 4.04. The van der Waals surface area contributed by atoms with E-state index in [2.05, 4.69) is 32.5 Å². The van der Waals surface area contributed by atoms with Crippen LogP contribution in [0.5, 0.6) is 0 Å². The van der Waals surface area contributed by atoms with E-state index >= 15 is 0 Å². The molecule has 168 valence electrons. The molecule has 3 aromatic rings. The van der Waals surface area contributed by atoms with E-state index in [1.807, 2.05) is 35.2 Å². The Balaban J connectivity index is 1.36. The van der Waals surface area contributed by atoms with Crippen molar-refractivity contribution in [3.63, 3.8) is 0 Å². The Labute approximate surface area is 196 Å². The number of benzene rings is 2. The number of carbonyl (C=O) groups excluding carboxylic acids is 2. The van der Waals surface area contributed by atoms with Gasteiger partial charge in [-0.3, -0.25) is 9.59 Å². The standard InChI is InChI=1S/C24H23ClN6O2/c1-30-8-10-31(11-9-30)23(33)15-2-5-18(6-3-15)27-24-26-14-16-12-21(32)28-20-13-17(25)4-7-19(20)22(16)29-24/h2-7,13-14H,8-12H2,1H3,(H,28,32)(H,26,27,29). The highest BCUT2D eigenvalue weighted by atomic mass is 35.5. The van der Waals surface area contributed by atoms with Gasteiger partial charge in [-0.2, -0.15) is 0 Å².